The van der Waals surface area contributed by atoms with Crippen LogP contribution in [0.4, 0.5) is 10.1 Å². The summed E-state index contributed by atoms with van der Waals surface area (Å²) in [6.07, 6.45) is 0. The van der Waals surface area contributed by atoms with Gasteiger partial charge in [-0.25, -0.2) is 4.39 Å². The molecule has 1 saturated heterocycles. The summed E-state index contributed by atoms with van der Waals surface area (Å²) >= 11 is 6.11. The minimum Gasteiger partial charge on any atom is -0.355 e. The van der Waals surface area contributed by atoms with Crippen LogP contribution in [0.1, 0.15) is 15.9 Å². The van der Waals surface area contributed by atoms with E-state index >= 15 is 0 Å². The van der Waals surface area contributed by atoms with Gasteiger partial charge in [-0.15, -0.1) is 0 Å². The Balaban J connectivity index is 1.44. The fraction of sp³-hybridized carbons (Fsp3) is 0.333. The fourth-order valence-corrected chi connectivity index (χ4v) is 3.48. The summed E-state index contributed by atoms with van der Waals surface area (Å²) in [6, 6.07) is 11.2. The second kappa shape index (κ2) is 9.82. The molecule has 2 aromatic rings. The summed E-state index contributed by atoms with van der Waals surface area (Å²) in [5.74, 6) is -0.590. The van der Waals surface area contributed by atoms with Crippen molar-refractivity contribution in [2.75, 3.05) is 45.1 Å². The first-order valence-electron chi connectivity index (χ1n) is 9.45. The Bertz CT molecular complexity index is 867. The van der Waals surface area contributed by atoms with Crippen LogP contribution >= 0.6 is 11.6 Å². The highest BCUT2D eigenvalue weighted by atomic mass is 35.5. The number of anilines is 1. The Morgan fingerprint density at radius 2 is 1.69 bits per heavy atom. The van der Waals surface area contributed by atoms with Crippen molar-refractivity contribution >= 4 is 29.1 Å². The molecule has 1 heterocycles. The van der Waals surface area contributed by atoms with E-state index in [0.29, 0.717) is 29.4 Å². The molecule has 1 aliphatic heterocycles. The van der Waals surface area contributed by atoms with Crippen LogP contribution in [0.2, 0.25) is 5.02 Å². The Kier molecular flexibility index (Phi) is 7.19. The third-order valence-electron chi connectivity index (χ3n) is 4.90. The number of nitrogens with one attached hydrogen (secondary N) is 2. The number of carbonyl (C=O) groups excluding carboxylic acids is 2. The Morgan fingerprint density at radius 3 is 2.31 bits per heavy atom. The predicted octanol–water partition coefficient (Wildman–Crippen LogP) is 2.60. The van der Waals surface area contributed by atoms with Crippen molar-refractivity contribution in [2.45, 2.75) is 6.54 Å². The molecule has 2 amide bonds. The zero-order valence-electron chi connectivity index (χ0n) is 16.3. The van der Waals surface area contributed by atoms with Gasteiger partial charge < -0.3 is 10.6 Å². The maximum atomic E-state index is 13.2. The SMILES string of the molecule is CNC(=O)c1ccc(NC(=O)CN2CCN(Cc3ccc(F)cc3Cl)CC2)cc1. The van der Waals surface area contributed by atoms with Crippen molar-refractivity contribution in [2.24, 2.45) is 0 Å². The summed E-state index contributed by atoms with van der Waals surface area (Å²) in [4.78, 5) is 28.2. The lowest BCUT2D eigenvalue weighted by Crippen LogP contribution is -2.48. The van der Waals surface area contributed by atoms with Crippen molar-refractivity contribution < 1.29 is 14.0 Å². The number of hydrogen-bond donors (Lipinski definition) is 2. The highest BCUT2D eigenvalue weighted by molar-refractivity contribution is 6.31. The molecule has 0 unspecified atom stereocenters. The van der Waals surface area contributed by atoms with Gasteiger partial charge in [0.05, 0.1) is 6.54 Å². The van der Waals surface area contributed by atoms with Crippen LogP contribution in [0.15, 0.2) is 42.5 Å². The third kappa shape index (κ3) is 6.00. The molecule has 0 aliphatic carbocycles. The summed E-state index contributed by atoms with van der Waals surface area (Å²) in [7, 11) is 1.58. The van der Waals surface area contributed by atoms with E-state index in [-0.39, 0.29) is 17.6 Å². The lowest BCUT2D eigenvalue weighted by atomic mass is 10.2. The van der Waals surface area contributed by atoms with Gasteiger partial charge in [0.25, 0.3) is 5.91 Å². The smallest absolute Gasteiger partial charge is 0.251 e. The van der Waals surface area contributed by atoms with Gasteiger partial charge in [0.1, 0.15) is 5.82 Å². The highest BCUT2D eigenvalue weighted by Crippen LogP contribution is 2.19. The summed E-state index contributed by atoms with van der Waals surface area (Å²) < 4.78 is 13.2. The van der Waals surface area contributed by atoms with Gasteiger partial charge >= 0.3 is 0 Å². The molecule has 6 nitrogen and oxygen atoms in total. The number of rotatable bonds is 6. The van der Waals surface area contributed by atoms with Gasteiger partial charge in [-0.05, 0) is 42.0 Å². The second-order valence-corrected chi connectivity index (χ2v) is 7.40. The van der Waals surface area contributed by atoms with E-state index < -0.39 is 0 Å². The van der Waals surface area contributed by atoms with Gasteiger partial charge in [-0.3, -0.25) is 19.4 Å². The van der Waals surface area contributed by atoms with Gasteiger partial charge in [0, 0.05) is 56.0 Å². The first-order chi connectivity index (χ1) is 13.9. The topological polar surface area (TPSA) is 64.7 Å². The van der Waals surface area contributed by atoms with Crippen molar-refractivity contribution in [1.29, 1.82) is 0 Å². The largest absolute Gasteiger partial charge is 0.355 e. The fourth-order valence-electron chi connectivity index (χ4n) is 3.25. The van der Waals surface area contributed by atoms with Crippen LogP contribution in [-0.2, 0) is 11.3 Å². The maximum absolute atomic E-state index is 13.2. The quantitative estimate of drug-likeness (QED) is 0.756. The van der Waals surface area contributed by atoms with Crippen LogP contribution < -0.4 is 10.6 Å². The van der Waals surface area contributed by atoms with Gasteiger partial charge in [-0.2, -0.15) is 0 Å². The lowest BCUT2D eigenvalue weighted by Gasteiger charge is -2.34. The summed E-state index contributed by atoms with van der Waals surface area (Å²) in [5.41, 5.74) is 2.11. The van der Waals surface area contributed by atoms with Crippen LogP contribution in [0.5, 0.6) is 0 Å². The molecule has 29 heavy (non-hydrogen) atoms. The molecule has 3 rings (SSSR count). The van der Waals surface area contributed by atoms with Crippen LogP contribution in [-0.4, -0.2) is 61.4 Å². The molecule has 1 aliphatic rings. The van der Waals surface area contributed by atoms with Crippen molar-refractivity contribution in [3.63, 3.8) is 0 Å². The normalized spacial score (nSPS) is 15.1. The Morgan fingerprint density at radius 1 is 1.03 bits per heavy atom. The van der Waals surface area contributed by atoms with E-state index in [4.69, 9.17) is 11.6 Å². The van der Waals surface area contributed by atoms with E-state index in [2.05, 4.69) is 20.4 Å². The number of amides is 2. The molecule has 2 N–H and O–H groups in total. The molecule has 0 aromatic heterocycles. The highest BCUT2D eigenvalue weighted by Gasteiger charge is 2.20. The summed E-state index contributed by atoms with van der Waals surface area (Å²) in [5, 5.41) is 5.86. The molecular formula is C21H24ClFN4O2. The first kappa shape index (κ1) is 21.2. The molecular weight excluding hydrogens is 395 g/mol. The van der Waals surface area contributed by atoms with E-state index in [1.165, 1.54) is 12.1 Å². The zero-order valence-corrected chi connectivity index (χ0v) is 17.0. The number of benzene rings is 2. The molecule has 8 heteroatoms. The average molecular weight is 419 g/mol. The van der Waals surface area contributed by atoms with Crippen molar-refractivity contribution in [1.82, 2.24) is 15.1 Å². The zero-order chi connectivity index (χ0) is 20.8. The van der Waals surface area contributed by atoms with Crippen LogP contribution in [0, 0.1) is 5.82 Å². The second-order valence-electron chi connectivity index (χ2n) is 6.99. The molecule has 0 atom stereocenters. The van der Waals surface area contributed by atoms with Gasteiger partial charge in [0.15, 0.2) is 0 Å². The number of carbonyl (C=O) groups is 2. The van der Waals surface area contributed by atoms with Crippen LogP contribution in [0.3, 0.4) is 0 Å². The molecule has 0 saturated carbocycles. The molecule has 0 spiro atoms. The number of halogens is 2. The minimum atomic E-state index is -0.335. The van der Waals surface area contributed by atoms with Crippen molar-refractivity contribution in [3.05, 3.63) is 64.4 Å². The van der Waals surface area contributed by atoms with Crippen molar-refractivity contribution in [3.8, 4) is 0 Å². The first-order valence-corrected chi connectivity index (χ1v) is 9.83. The predicted molar refractivity (Wildman–Crippen MR) is 112 cm³/mol. The molecule has 1 fully saturated rings. The number of nitrogens with zero attached hydrogens (tertiary/aromatic N) is 2. The molecule has 0 radical (unpaired) electrons. The number of hydrogen-bond acceptors (Lipinski definition) is 4. The summed E-state index contributed by atoms with van der Waals surface area (Å²) in [6.45, 7) is 4.12. The minimum absolute atomic E-state index is 0.0901. The van der Waals surface area contributed by atoms with E-state index in [1.807, 2.05) is 0 Å². The molecule has 0 bridgehead atoms. The van der Waals surface area contributed by atoms with E-state index in [9.17, 15) is 14.0 Å². The van der Waals surface area contributed by atoms with Gasteiger partial charge in [0.2, 0.25) is 5.91 Å². The maximum Gasteiger partial charge on any atom is 0.251 e. The molecule has 154 valence electrons. The third-order valence-corrected chi connectivity index (χ3v) is 5.25. The van der Waals surface area contributed by atoms with E-state index in [1.54, 1.807) is 37.4 Å². The Labute approximate surface area is 174 Å². The molecule has 2 aromatic carbocycles. The lowest BCUT2D eigenvalue weighted by molar-refractivity contribution is -0.117. The average Bonchev–Trinajstić information content (AvgIpc) is 2.71. The van der Waals surface area contributed by atoms with Gasteiger partial charge in [-0.1, -0.05) is 17.7 Å². The monoisotopic (exact) mass is 418 g/mol. The van der Waals surface area contributed by atoms with E-state index in [0.717, 1.165) is 31.7 Å². The van der Waals surface area contributed by atoms with Crippen LogP contribution in [0.25, 0.3) is 0 Å². The Hall–Kier alpha value is -2.48. The number of piperazine rings is 1. The standard InChI is InChI=1S/C21H24ClFN4O2/c1-24-21(29)15-3-6-18(7-4-15)25-20(28)14-27-10-8-26(9-11-27)13-16-2-5-17(23)12-19(16)22/h2-7,12H,8-11,13-14H2,1H3,(H,24,29)(H,25,28).